The smallest absolute Gasteiger partial charge is 0.341 e. The van der Waals surface area contributed by atoms with Gasteiger partial charge in [-0.1, -0.05) is 0 Å². The first kappa shape index (κ1) is 17.4. The Bertz CT molecular complexity index is 608. The Labute approximate surface area is 146 Å². The fraction of sp³-hybridized carbons (Fsp3) is 0.647. The zero-order valence-corrected chi connectivity index (χ0v) is 14.9. The van der Waals surface area contributed by atoms with Crippen molar-refractivity contribution >= 4 is 28.2 Å². The summed E-state index contributed by atoms with van der Waals surface area (Å²) in [4.78, 5) is 27.1. The van der Waals surface area contributed by atoms with Gasteiger partial charge in [0, 0.05) is 4.88 Å². The number of hydrogen-bond acceptors (Lipinski definition) is 5. The summed E-state index contributed by atoms with van der Waals surface area (Å²) in [5.74, 6) is -0.374. The van der Waals surface area contributed by atoms with E-state index in [0.717, 1.165) is 64.1 Å². The second kappa shape index (κ2) is 8.09. The van der Waals surface area contributed by atoms with Crippen molar-refractivity contribution < 1.29 is 24.0 Å². The van der Waals surface area contributed by atoms with Crippen LogP contribution in [0.3, 0.4) is 0 Å². The molecular weight excluding hydrogens is 328 g/mol. The van der Waals surface area contributed by atoms with Gasteiger partial charge < -0.3 is 19.7 Å². The number of ether oxygens (including phenoxy) is 2. The molecule has 6 nitrogen and oxygen atoms in total. The van der Waals surface area contributed by atoms with Crippen molar-refractivity contribution in [1.82, 2.24) is 0 Å². The van der Waals surface area contributed by atoms with E-state index < -0.39 is 0 Å². The molecule has 3 rings (SSSR count). The number of aryl methyl sites for hydroxylation is 1. The molecule has 1 amide bonds. The molecule has 1 aliphatic heterocycles. The van der Waals surface area contributed by atoms with Gasteiger partial charge in [-0.2, -0.15) is 0 Å². The minimum atomic E-state index is -0.344. The minimum Gasteiger partial charge on any atom is -0.465 e. The molecule has 1 fully saturated rings. The number of carbonyl (C=O) groups is 2. The van der Waals surface area contributed by atoms with E-state index in [0.29, 0.717) is 17.0 Å². The molecule has 0 bridgehead atoms. The van der Waals surface area contributed by atoms with E-state index in [1.807, 2.05) is 0 Å². The molecule has 1 aromatic heterocycles. The van der Waals surface area contributed by atoms with Crippen LogP contribution in [0.1, 0.15) is 40.1 Å². The van der Waals surface area contributed by atoms with Crippen molar-refractivity contribution in [3.05, 3.63) is 16.0 Å². The molecule has 2 N–H and O–H groups in total. The summed E-state index contributed by atoms with van der Waals surface area (Å²) in [6.45, 7) is 4.23. The number of anilines is 1. The molecule has 0 unspecified atom stereocenters. The van der Waals surface area contributed by atoms with Crippen molar-refractivity contribution in [3.63, 3.8) is 0 Å². The SMILES string of the molecule is COC(=O)c1c(NC(=O)CC[NH+]2CCOCC2)sc2c1CCCC2. The standard InChI is InChI=1S/C17H24N2O4S/c1-22-17(21)15-12-4-2-3-5-13(12)24-16(15)18-14(20)6-7-19-8-10-23-11-9-19/h2-11H2,1H3,(H,18,20)/p+1. The third kappa shape index (κ3) is 3.96. The lowest BCUT2D eigenvalue weighted by molar-refractivity contribution is -0.907. The lowest BCUT2D eigenvalue weighted by atomic mass is 9.95. The fourth-order valence-electron chi connectivity index (χ4n) is 3.36. The Hall–Kier alpha value is -1.44. The quantitative estimate of drug-likeness (QED) is 0.763. The zero-order chi connectivity index (χ0) is 16.9. The second-order valence-electron chi connectivity index (χ2n) is 6.32. The van der Waals surface area contributed by atoms with Gasteiger partial charge in [-0.15, -0.1) is 11.3 Å². The van der Waals surface area contributed by atoms with Crippen LogP contribution in [0.25, 0.3) is 0 Å². The van der Waals surface area contributed by atoms with Crippen molar-refractivity contribution in [1.29, 1.82) is 0 Å². The fourth-order valence-corrected chi connectivity index (χ4v) is 4.66. The highest BCUT2D eigenvalue weighted by atomic mass is 32.1. The van der Waals surface area contributed by atoms with Crippen LogP contribution >= 0.6 is 11.3 Å². The van der Waals surface area contributed by atoms with Crippen LogP contribution in [0.4, 0.5) is 5.00 Å². The first-order valence-corrected chi connectivity index (χ1v) is 9.44. The number of fused-ring (bicyclic) bond motifs is 1. The molecule has 2 heterocycles. The van der Waals surface area contributed by atoms with Gasteiger partial charge in [-0.25, -0.2) is 4.79 Å². The van der Waals surface area contributed by atoms with Gasteiger partial charge in [0.15, 0.2) is 0 Å². The van der Waals surface area contributed by atoms with Crippen molar-refractivity contribution in [2.24, 2.45) is 0 Å². The van der Waals surface area contributed by atoms with Gasteiger partial charge in [0.25, 0.3) is 0 Å². The van der Waals surface area contributed by atoms with Gasteiger partial charge in [-0.3, -0.25) is 4.79 Å². The molecule has 0 radical (unpaired) electrons. The van der Waals surface area contributed by atoms with Crippen LogP contribution in [0, 0.1) is 0 Å². The zero-order valence-electron chi connectivity index (χ0n) is 14.1. The van der Waals surface area contributed by atoms with Gasteiger partial charge >= 0.3 is 5.97 Å². The van der Waals surface area contributed by atoms with Crippen molar-refractivity contribution in [2.75, 3.05) is 45.3 Å². The number of methoxy groups -OCH3 is 1. The minimum absolute atomic E-state index is 0.0299. The highest BCUT2D eigenvalue weighted by Crippen LogP contribution is 2.38. The molecule has 7 heteroatoms. The maximum absolute atomic E-state index is 12.3. The molecule has 1 aliphatic carbocycles. The summed E-state index contributed by atoms with van der Waals surface area (Å²) >= 11 is 1.54. The predicted molar refractivity (Wildman–Crippen MR) is 91.9 cm³/mol. The van der Waals surface area contributed by atoms with E-state index in [1.54, 1.807) is 0 Å². The Kier molecular flexibility index (Phi) is 5.86. The number of amides is 1. The summed E-state index contributed by atoms with van der Waals surface area (Å²) in [5.41, 5.74) is 1.65. The van der Waals surface area contributed by atoms with E-state index in [2.05, 4.69) is 5.32 Å². The van der Waals surface area contributed by atoms with Crippen LogP contribution < -0.4 is 10.2 Å². The molecule has 0 atom stereocenters. The van der Waals surface area contributed by atoms with Gasteiger partial charge in [0.1, 0.15) is 18.1 Å². The lowest BCUT2D eigenvalue weighted by Crippen LogP contribution is -3.14. The Balaban J connectivity index is 1.66. The highest BCUT2D eigenvalue weighted by molar-refractivity contribution is 7.17. The topological polar surface area (TPSA) is 69.1 Å². The molecule has 24 heavy (non-hydrogen) atoms. The summed E-state index contributed by atoms with van der Waals surface area (Å²) in [6.07, 6.45) is 4.56. The van der Waals surface area contributed by atoms with Crippen molar-refractivity contribution in [3.8, 4) is 0 Å². The summed E-state index contributed by atoms with van der Waals surface area (Å²) in [5, 5.41) is 3.62. The predicted octanol–water partition coefficient (Wildman–Crippen LogP) is 0.657. The third-order valence-corrected chi connectivity index (χ3v) is 5.93. The van der Waals surface area contributed by atoms with Crippen LogP contribution in [0.15, 0.2) is 0 Å². The van der Waals surface area contributed by atoms with Gasteiger partial charge in [0.05, 0.1) is 38.9 Å². The number of esters is 1. The first-order valence-electron chi connectivity index (χ1n) is 8.63. The molecule has 0 saturated carbocycles. The van der Waals surface area contributed by atoms with E-state index in [1.165, 1.54) is 28.2 Å². The second-order valence-corrected chi connectivity index (χ2v) is 7.42. The number of carbonyl (C=O) groups excluding carboxylic acids is 2. The van der Waals surface area contributed by atoms with E-state index in [-0.39, 0.29) is 11.9 Å². The van der Waals surface area contributed by atoms with Gasteiger partial charge in [-0.05, 0) is 31.2 Å². The Morgan fingerprint density at radius 3 is 2.75 bits per heavy atom. The number of nitrogens with one attached hydrogen (secondary N) is 2. The maximum atomic E-state index is 12.3. The molecule has 0 aromatic carbocycles. The molecule has 132 valence electrons. The molecule has 1 aromatic rings. The highest BCUT2D eigenvalue weighted by Gasteiger charge is 2.27. The third-order valence-electron chi connectivity index (χ3n) is 4.72. The summed E-state index contributed by atoms with van der Waals surface area (Å²) in [6, 6.07) is 0. The number of rotatable bonds is 5. The van der Waals surface area contributed by atoms with E-state index >= 15 is 0 Å². The lowest BCUT2D eigenvalue weighted by Gasteiger charge is -2.23. The average Bonchev–Trinajstić information content (AvgIpc) is 2.98. The number of morpholine rings is 1. The average molecular weight is 353 g/mol. The Morgan fingerprint density at radius 2 is 2.00 bits per heavy atom. The maximum Gasteiger partial charge on any atom is 0.341 e. The van der Waals surface area contributed by atoms with Crippen LogP contribution in [-0.2, 0) is 27.1 Å². The molecule has 1 saturated heterocycles. The van der Waals surface area contributed by atoms with Gasteiger partial charge in [0.2, 0.25) is 5.91 Å². The molecule has 2 aliphatic rings. The molecule has 0 spiro atoms. The van der Waals surface area contributed by atoms with E-state index in [4.69, 9.17) is 9.47 Å². The summed E-state index contributed by atoms with van der Waals surface area (Å²) in [7, 11) is 1.39. The Morgan fingerprint density at radius 1 is 1.25 bits per heavy atom. The first-order chi connectivity index (χ1) is 11.7. The number of thiophene rings is 1. The van der Waals surface area contributed by atoms with Crippen LogP contribution in [-0.4, -0.2) is 51.8 Å². The van der Waals surface area contributed by atoms with Crippen LogP contribution in [0.2, 0.25) is 0 Å². The largest absolute Gasteiger partial charge is 0.465 e. The summed E-state index contributed by atoms with van der Waals surface area (Å²) < 4.78 is 10.3. The van der Waals surface area contributed by atoms with Crippen LogP contribution in [0.5, 0.6) is 0 Å². The van der Waals surface area contributed by atoms with E-state index in [9.17, 15) is 9.59 Å². The number of hydrogen-bond donors (Lipinski definition) is 2. The van der Waals surface area contributed by atoms with Crippen molar-refractivity contribution in [2.45, 2.75) is 32.1 Å². The number of quaternary nitrogens is 1. The molecular formula is C17H25N2O4S+. The monoisotopic (exact) mass is 353 g/mol. The normalized spacial score (nSPS) is 18.0.